The highest BCUT2D eigenvalue weighted by Gasteiger charge is 2.30. The Kier molecular flexibility index (Phi) is 6.14. The fourth-order valence-corrected chi connectivity index (χ4v) is 3.66. The second-order valence-corrected chi connectivity index (χ2v) is 7.63. The van der Waals surface area contributed by atoms with E-state index in [4.69, 9.17) is 0 Å². The van der Waals surface area contributed by atoms with Crippen LogP contribution in [-0.4, -0.2) is 26.4 Å². The van der Waals surface area contributed by atoms with E-state index in [0.717, 1.165) is 23.0 Å². The Morgan fingerprint density at radius 3 is 2.73 bits per heavy atom. The zero-order chi connectivity index (χ0) is 18.5. The van der Waals surface area contributed by atoms with Crippen LogP contribution in [0.3, 0.4) is 0 Å². The normalized spacial score (nSPS) is 14.8. The molecule has 138 valence electrons. The van der Waals surface area contributed by atoms with Crippen LogP contribution in [0.2, 0.25) is 0 Å². The van der Waals surface area contributed by atoms with E-state index in [1.807, 2.05) is 13.0 Å². The molecule has 3 rings (SSSR count). The summed E-state index contributed by atoms with van der Waals surface area (Å²) in [4.78, 5) is 12.3. The molecule has 1 atom stereocenters. The average molecular weight is 371 g/mol. The minimum Gasteiger partial charge on any atom is -0.349 e. The van der Waals surface area contributed by atoms with Crippen LogP contribution in [0, 0.1) is 0 Å². The van der Waals surface area contributed by atoms with Gasteiger partial charge in [-0.05, 0) is 37.3 Å². The lowest BCUT2D eigenvalue weighted by Gasteiger charge is -2.14. The Hall–Kier alpha value is -2.08. The molecule has 1 aromatic heterocycles. The van der Waals surface area contributed by atoms with E-state index in [1.54, 1.807) is 0 Å². The summed E-state index contributed by atoms with van der Waals surface area (Å²) in [6, 6.07) is 8.38. The third-order valence-corrected chi connectivity index (χ3v) is 5.56. The molecular weight excluding hydrogens is 344 g/mol. The molecule has 6 heteroatoms. The van der Waals surface area contributed by atoms with Gasteiger partial charge < -0.3 is 9.88 Å². The SMILES string of the molecule is C=CCn1c(SCC(=O)NC(C)c2ccc(CC)cc2)nnc1C1CC1. The zero-order valence-corrected chi connectivity index (χ0v) is 16.3. The Morgan fingerprint density at radius 1 is 1.38 bits per heavy atom. The summed E-state index contributed by atoms with van der Waals surface area (Å²) in [6.07, 6.45) is 5.22. The highest BCUT2D eigenvalue weighted by Crippen LogP contribution is 2.40. The van der Waals surface area contributed by atoms with Crippen LogP contribution in [-0.2, 0) is 17.8 Å². The predicted molar refractivity (Wildman–Crippen MR) is 105 cm³/mol. The van der Waals surface area contributed by atoms with Gasteiger partial charge in [0.15, 0.2) is 5.16 Å². The van der Waals surface area contributed by atoms with Crippen molar-refractivity contribution < 1.29 is 4.79 Å². The second-order valence-electron chi connectivity index (χ2n) is 6.69. The van der Waals surface area contributed by atoms with E-state index in [9.17, 15) is 4.79 Å². The lowest BCUT2D eigenvalue weighted by atomic mass is 10.1. The van der Waals surface area contributed by atoms with Crippen molar-refractivity contribution in [2.75, 3.05) is 5.75 Å². The number of nitrogens with zero attached hydrogens (tertiary/aromatic N) is 3. The van der Waals surface area contributed by atoms with Crippen LogP contribution in [0.4, 0.5) is 0 Å². The van der Waals surface area contributed by atoms with Gasteiger partial charge in [-0.2, -0.15) is 0 Å². The number of amides is 1. The van der Waals surface area contributed by atoms with Crippen LogP contribution in [0.15, 0.2) is 42.1 Å². The summed E-state index contributed by atoms with van der Waals surface area (Å²) in [5, 5.41) is 12.4. The molecule has 5 nitrogen and oxygen atoms in total. The van der Waals surface area contributed by atoms with Gasteiger partial charge in [-0.15, -0.1) is 16.8 Å². The number of nitrogens with one attached hydrogen (secondary N) is 1. The smallest absolute Gasteiger partial charge is 0.230 e. The van der Waals surface area contributed by atoms with Crippen LogP contribution in [0.25, 0.3) is 0 Å². The minimum absolute atomic E-state index is 0.00296. The summed E-state index contributed by atoms with van der Waals surface area (Å²) in [5.74, 6) is 1.88. The van der Waals surface area contributed by atoms with Gasteiger partial charge in [0.1, 0.15) is 5.82 Å². The van der Waals surface area contributed by atoms with Gasteiger partial charge in [-0.3, -0.25) is 4.79 Å². The van der Waals surface area contributed by atoms with E-state index >= 15 is 0 Å². The summed E-state index contributed by atoms with van der Waals surface area (Å²) >= 11 is 1.43. The highest BCUT2D eigenvalue weighted by molar-refractivity contribution is 7.99. The van der Waals surface area contributed by atoms with Crippen molar-refractivity contribution in [2.24, 2.45) is 0 Å². The van der Waals surface area contributed by atoms with E-state index in [1.165, 1.54) is 30.2 Å². The van der Waals surface area contributed by atoms with Gasteiger partial charge >= 0.3 is 0 Å². The monoisotopic (exact) mass is 370 g/mol. The first-order valence-electron chi connectivity index (χ1n) is 9.17. The van der Waals surface area contributed by atoms with Gasteiger partial charge in [0.05, 0.1) is 11.8 Å². The molecule has 0 aliphatic heterocycles. The summed E-state index contributed by atoms with van der Waals surface area (Å²) < 4.78 is 2.08. The summed E-state index contributed by atoms with van der Waals surface area (Å²) in [5.41, 5.74) is 2.42. The molecule has 2 aromatic rings. The average Bonchev–Trinajstić information content (AvgIpc) is 3.42. The van der Waals surface area contributed by atoms with Crippen LogP contribution in [0.1, 0.15) is 55.6 Å². The van der Waals surface area contributed by atoms with Crippen molar-refractivity contribution in [2.45, 2.75) is 56.8 Å². The first kappa shape index (κ1) is 18.7. The van der Waals surface area contributed by atoms with E-state index < -0.39 is 0 Å². The molecule has 1 amide bonds. The maximum Gasteiger partial charge on any atom is 0.230 e. The predicted octanol–water partition coefficient (Wildman–Crippen LogP) is 3.87. The Morgan fingerprint density at radius 2 is 2.12 bits per heavy atom. The quantitative estimate of drug-likeness (QED) is 0.538. The molecule has 0 bridgehead atoms. The lowest BCUT2D eigenvalue weighted by Crippen LogP contribution is -2.28. The molecule has 1 aliphatic rings. The van der Waals surface area contributed by atoms with Crippen LogP contribution < -0.4 is 5.32 Å². The molecule has 1 aromatic carbocycles. The number of carbonyl (C=O) groups excluding carboxylic acids is 1. The zero-order valence-electron chi connectivity index (χ0n) is 15.4. The van der Waals surface area contributed by atoms with Crippen molar-refractivity contribution in [1.82, 2.24) is 20.1 Å². The van der Waals surface area contributed by atoms with Gasteiger partial charge in [-0.1, -0.05) is 49.0 Å². The van der Waals surface area contributed by atoms with Gasteiger partial charge in [-0.25, -0.2) is 0 Å². The summed E-state index contributed by atoms with van der Waals surface area (Å²) in [7, 11) is 0. The van der Waals surface area contributed by atoms with Crippen molar-refractivity contribution in [1.29, 1.82) is 0 Å². The molecule has 0 radical (unpaired) electrons. The molecular formula is C20H26N4OS. The molecule has 1 unspecified atom stereocenters. The fourth-order valence-electron chi connectivity index (χ4n) is 2.89. The Balaban J connectivity index is 1.55. The van der Waals surface area contributed by atoms with E-state index in [0.29, 0.717) is 18.2 Å². The molecule has 1 fully saturated rings. The molecule has 1 aliphatic carbocycles. The molecule has 0 spiro atoms. The number of rotatable bonds is 9. The van der Waals surface area contributed by atoms with Crippen LogP contribution in [0.5, 0.6) is 0 Å². The molecule has 1 heterocycles. The summed E-state index contributed by atoms with van der Waals surface area (Å²) in [6.45, 7) is 8.64. The van der Waals surface area contributed by atoms with Crippen molar-refractivity contribution >= 4 is 17.7 Å². The Labute approximate surface area is 159 Å². The number of allylic oxidation sites excluding steroid dienone is 1. The number of carbonyl (C=O) groups is 1. The third kappa shape index (κ3) is 4.55. The standard InChI is InChI=1S/C20H26N4OS/c1-4-12-24-19(17-10-11-17)22-23-20(24)26-13-18(25)21-14(3)16-8-6-15(5-2)7-9-16/h4,6-9,14,17H,1,5,10-13H2,2-3H3,(H,21,25). The van der Waals surface area contributed by atoms with Crippen LogP contribution >= 0.6 is 11.8 Å². The Bertz CT molecular complexity index is 765. The number of aromatic nitrogens is 3. The second kappa shape index (κ2) is 8.54. The maximum atomic E-state index is 12.3. The number of hydrogen-bond donors (Lipinski definition) is 1. The van der Waals surface area contributed by atoms with Gasteiger partial charge in [0.2, 0.25) is 5.91 Å². The van der Waals surface area contributed by atoms with Gasteiger partial charge in [0.25, 0.3) is 0 Å². The number of thioether (sulfide) groups is 1. The fraction of sp³-hybridized carbons (Fsp3) is 0.450. The van der Waals surface area contributed by atoms with E-state index in [-0.39, 0.29) is 11.9 Å². The highest BCUT2D eigenvalue weighted by atomic mass is 32.2. The molecule has 1 saturated carbocycles. The largest absolute Gasteiger partial charge is 0.349 e. The third-order valence-electron chi connectivity index (χ3n) is 4.60. The van der Waals surface area contributed by atoms with Crippen molar-refractivity contribution in [3.05, 3.63) is 53.9 Å². The lowest BCUT2D eigenvalue weighted by molar-refractivity contribution is -0.119. The molecule has 26 heavy (non-hydrogen) atoms. The maximum absolute atomic E-state index is 12.3. The van der Waals surface area contributed by atoms with E-state index in [2.05, 4.69) is 57.8 Å². The first-order chi connectivity index (χ1) is 12.6. The minimum atomic E-state index is -0.0120. The number of hydrogen-bond acceptors (Lipinski definition) is 4. The first-order valence-corrected chi connectivity index (χ1v) is 10.2. The number of benzene rings is 1. The van der Waals surface area contributed by atoms with Crippen molar-refractivity contribution in [3.8, 4) is 0 Å². The number of aryl methyl sites for hydroxylation is 1. The topological polar surface area (TPSA) is 59.8 Å². The molecule has 1 N–H and O–H groups in total. The van der Waals surface area contributed by atoms with Crippen molar-refractivity contribution in [3.63, 3.8) is 0 Å². The molecule has 0 saturated heterocycles. The van der Waals surface area contributed by atoms with Gasteiger partial charge in [0, 0.05) is 12.5 Å².